The molecule has 5 aromatic carbocycles. The van der Waals surface area contributed by atoms with E-state index in [2.05, 4.69) is 4.98 Å². The second kappa shape index (κ2) is 12.9. The lowest BCUT2D eigenvalue weighted by atomic mass is 9.92. The van der Waals surface area contributed by atoms with Crippen LogP contribution in [0.1, 0.15) is 50.1 Å². The van der Waals surface area contributed by atoms with Gasteiger partial charge in [0.25, 0.3) is 10.1 Å². The first-order valence-corrected chi connectivity index (χ1v) is 15.5. The van der Waals surface area contributed by atoms with Gasteiger partial charge in [0.05, 0.1) is 0 Å². The summed E-state index contributed by atoms with van der Waals surface area (Å²) in [7, 11) is -4.40. The summed E-state index contributed by atoms with van der Waals surface area (Å²) in [5.74, 6) is 0.318. The molecule has 0 unspecified atom stereocenters. The summed E-state index contributed by atoms with van der Waals surface area (Å²) in [4.78, 5) is 2.44. The number of fused-ring (bicyclic) bond motifs is 1. The van der Waals surface area contributed by atoms with Gasteiger partial charge in [-0.05, 0) is 115 Å². The summed E-state index contributed by atoms with van der Waals surface area (Å²) in [6.45, 7) is 9.76. The maximum absolute atomic E-state index is 11.7. The van der Waals surface area contributed by atoms with E-state index in [1.165, 1.54) is 30.3 Å². The monoisotopic (exact) mass is 626 g/mol. The highest BCUT2D eigenvalue weighted by Crippen LogP contribution is 2.35. The highest BCUT2D eigenvalue weighted by atomic mass is 32.2. The van der Waals surface area contributed by atoms with Gasteiger partial charge < -0.3 is 20.4 Å². The van der Waals surface area contributed by atoms with E-state index >= 15 is 0 Å². The van der Waals surface area contributed by atoms with Gasteiger partial charge in [0.1, 0.15) is 22.1 Å². The fourth-order valence-corrected chi connectivity index (χ4v) is 6.02. The van der Waals surface area contributed by atoms with E-state index in [1.807, 2.05) is 58.9 Å². The van der Waals surface area contributed by atoms with Gasteiger partial charge in [-0.1, -0.05) is 42.0 Å². The SMILES string of the molecule is Cc1cc(Cc2cc(C)c(O)cc2C)c(O)c(Cc2cc(C)c(O)cc2C)c1.N#[N+]c1ccc2c(S(=O)(=O)O)cccc2c1[O-]. The first-order chi connectivity index (χ1) is 21.1. The zero-order valence-electron chi connectivity index (χ0n) is 25.6. The minimum atomic E-state index is -4.40. The molecule has 0 aliphatic carbocycles. The minimum absolute atomic E-state index is 0.0652. The smallest absolute Gasteiger partial charge is 0.378 e. The quantitative estimate of drug-likeness (QED) is 0.118. The first kappa shape index (κ1) is 32.8. The molecule has 0 amide bonds. The minimum Gasteiger partial charge on any atom is -0.867 e. The van der Waals surface area contributed by atoms with Crippen molar-refractivity contribution in [2.24, 2.45) is 0 Å². The summed E-state index contributed by atoms with van der Waals surface area (Å²) >= 11 is 0. The Morgan fingerprint density at radius 1 is 0.689 bits per heavy atom. The third kappa shape index (κ3) is 7.17. The Labute approximate surface area is 262 Å². The maximum Gasteiger partial charge on any atom is 0.378 e. The van der Waals surface area contributed by atoms with E-state index in [0.29, 0.717) is 30.1 Å². The lowest BCUT2D eigenvalue weighted by Gasteiger charge is -2.15. The van der Waals surface area contributed by atoms with Crippen molar-refractivity contribution in [1.82, 2.24) is 0 Å². The molecule has 10 heteroatoms. The molecule has 4 N–H and O–H groups in total. The molecule has 0 aliphatic heterocycles. The van der Waals surface area contributed by atoms with Gasteiger partial charge in [-0.25, -0.2) is 0 Å². The number of aryl methyl sites for hydroxylation is 5. The van der Waals surface area contributed by atoms with Gasteiger partial charge in [0, 0.05) is 24.3 Å². The van der Waals surface area contributed by atoms with E-state index in [0.717, 1.165) is 50.1 Å². The van der Waals surface area contributed by atoms with Crippen LogP contribution in [-0.2, 0) is 23.0 Å². The van der Waals surface area contributed by atoms with E-state index in [9.17, 15) is 28.8 Å². The standard InChI is InChI=1S/C25H28O3.C10H6N2O4S/c1-14-6-21(12-19-8-17(4)23(26)10-15(19)2)25(28)22(7-14)13-20-9-18(5)24(27)11-16(20)3;11-12-8-5-4-6-7(10(8)13)2-1-3-9(6)17(14,15)16/h6-11,26-28H,12-13H2,1-5H3;1-5H,(H-,13,14,15,16). The van der Waals surface area contributed by atoms with Gasteiger partial charge in [-0.3, -0.25) is 4.55 Å². The van der Waals surface area contributed by atoms with Crippen LogP contribution in [0.3, 0.4) is 0 Å². The predicted molar refractivity (Wildman–Crippen MR) is 172 cm³/mol. The highest BCUT2D eigenvalue weighted by Gasteiger charge is 2.17. The van der Waals surface area contributed by atoms with Crippen molar-refractivity contribution in [2.45, 2.75) is 52.4 Å². The average Bonchev–Trinajstić information content (AvgIpc) is 2.96. The molecule has 0 radical (unpaired) electrons. The van der Waals surface area contributed by atoms with E-state index in [-0.39, 0.29) is 21.4 Å². The normalized spacial score (nSPS) is 11.1. The number of nitrogens with zero attached hydrogens (tertiary/aromatic N) is 2. The number of benzene rings is 5. The maximum atomic E-state index is 11.7. The number of hydrogen-bond acceptors (Lipinski definition) is 7. The summed E-state index contributed by atoms with van der Waals surface area (Å²) in [5.41, 5.74) is 8.57. The molecular weight excluding hydrogens is 592 g/mol. The number of aromatic hydroxyl groups is 3. The summed E-state index contributed by atoms with van der Waals surface area (Å²) < 4.78 is 31.2. The third-order valence-electron chi connectivity index (χ3n) is 7.82. The molecule has 0 atom stereocenters. The Bertz CT molecular complexity index is 2020. The van der Waals surface area contributed by atoms with Crippen LogP contribution in [0.25, 0.3) is 15.7 Å². The second-order valence-electron chi connectivity index (χ2n) is 11.3. The molecule has 0 aromatic heterocycles. The number of phenolic OH excluding ortho intramolecular Hbond substituents is 3. The van der Waals surface area contributed by atoms with E-state index < -0.39 is 15.9 Å². The molecule has 0 aliphatic rings. The van der Waals surface area contributed by atoms with Gasteiger partial charge in [-0.15, -0.1) is 0 Å². The highest BCUT2D eigenvalue weighted by molar-refractivity contribution is 7.86. The molecular formula is C35H34N2O7S. The lowest BCUT2D eigenvalue weighted by molar-refractivity contribution is -0.264. The van der Waals surface area contributed by atoms with Crippen LogP contribution in [0.5, 0.6) is 23.0 Å². The Kier molecular flexibility index (Phi) is 9.37. The molecule has 0 heterocycles. The zero-order chi connectivity index (χ0) is 33.2. The van der Waals surface area contributed by atoms with Crippen LogP contribution in [0, 0.1) is 40.0 Å². The van der Waals surface area contributed by atoms with Crippen molar-refractivity contribution in [3.05, 3.63) is 122 Å². The van der Waals surface area contributed by atoms with Crippen molar-refractivity contribution in [2.75, 3.05) is 0 Å². The Balaban J connectivity index is 0.000000231. The number of rotatable bonds is 5. The molecule has 0 saturated heterocycles. The molecule has 0 fully saturated rings. The lowest BCUT2D eigenvalue weighted by Crippen LogP contribution is -2.00. The summed E-state index contributed by atoms with van der Waals surface area (Å²) in [6, 6.07) is 18.0. The Hall–Kier alpha value is -5.11. The number of diazo groups is 1. The van der Waals surface area contributed by atoms with Crippen LogP contribution < -0.4 is 5.11 Å². The van der Waals surface area contributed by atoms with Crippen molar-refractivity contribution < 1.29 is 33.4 Å². The van der Waals surface area contributed by atoms with Gasteiger partial charge >= 0.3 is 5.69 Å². The van der Waals surface area contributed by atoms with E-state index in [1.54, 1.807) is 12.1 Å². The van der Waals surface area contributed by atoms with Crippen LogP contribution in [-0.4, -0.2) is 28.3 Å². The third-order valence-corrected chi connectivity index (χ3v) is 8.73. The number of hydrogen-bond donors (Lipinski definition) is 4. The molecule has 0 saturated carbocycles. The molecule has 45 heavy (non-hydrogen) atoms. The molecule has 0 bridgehead atoms. The van der Waals surface area contributed by atoms with Crippen molar-refractivity contribution in [3.63, 3.8) is 0 Å². The van der Waals surface area contributed by atoms with Gasteiger partial charge in [-0.2, -0.15) is 8.42 Å². The van der Waals surface area contributed by atoms with Crippen molar-refractivity contribution in [1.29, 1.82) is 5.39 Å². The van der Waals surface area contributed by atoms with Crippen LogP contribution >= 0.6 is 0 Å². The molecule has 0 spiro atoms. The second-order valence-corrected chi connectivity index (χ2v) is 12.6. The Morgan fingerprint density at radius 2 is 1.20 bits per heavy atom. The van der Waals surface area contributed by atoms with Crippen LogP contribution in [0.2, 0.25) is 0 Å². The van der Waals surface area contributed by atoms with Crippen LogP contribution in [0.4, 0.5) is 5.69 Å². The van der Waals surface area contributed by atoms with Gasteiger partial charge in [0.15, 0.2) is 4.98 Å². The average molecular weight is 627 g/mol. The molecule has 9 nitrogen and oxygen atoms in total. The summed E-state index contributed by atoms with van der Waals surface area (Å²) in [5, 5.41) is 51.2. The van der Waals surface area contributed by atoms with Crippen LogP contribution in [0.15, 0.2) is 71.6 Å². The molecule has 232 valence electrons. The largest absolute Gasteiger partial charge is 0.867 e. The Morgan fingerprint density at radius 3 is 1.67 bits per heavy atom. The molecule has 5 aromatic rings. The fraction of sp³-hybridized carbons (Fsp3) is 0.200. The van der Waals surface area contributed by atoms with E-state index in [4.69, 9.17) is 9.95 Å². The number of phenols is 3. The van der Waals surface area contributed by atoms with Gasteiger partial charge in [0.2, 0.25) is 5.39 Å². The van der Waals surface area contributed by atoms with Crippen molar-refractivity contribution >= 4 is 26.6 Å². The first-order valence-electron chi connectivity index (χ1n) is 14.1. The van der Waals surface area contributed by atoms with Crippen molar-refractivity contribution in [3.8, 4) is 23.0 Å². The molecule has 5 rings (SSSR count). The summed E-state index contributed by atoms with van der Waals surface area (Å²) in [6.07, 6.45) is 1.22. The predicted octanol–water partition coefficient (Wildman–Crippen LogP) is 7.17. The zero-order valence-corrected chi connectivity index (χ0v) is 26.4. The topological polar surface area (TPSA) is 166 Å². The fourth-order valence-electron chi connectivity index (χ4n) is 5.31.